The molecule has 0 saturated heterocycles. The number of fused-ring (bicyclic) bond motifs is 1. The minimum absolute atomic E-state index is 0. The zero-order valence-corrected chi connectivity index (χ0v) is 11.9. The van der Waals surface area contributed by atoms with Crippen LogP contribution < -0.4 is 60.8 Å². The maximum absolute atomic E-state index is 11.2. The molecule has 64 valence electrons. The van der Waals surface area contributed by atoms with E-state index >= 15 is 0 Å². The first-order valence-corrected chi connectivity index (χ1v) is 5.96. The Hall–Kier alpha value is 1.23. The molecule has 6 heteroatoms. The Bertz CT molecular complexity index is 357. The third-order valence-electron chi connectivity index (χ3n) is 1.56. The van der Waals surface area contributed by atoms with Gasteiger partial charge in [-0.3, -0.25) is 0 Å². The summed E-state index contributed by atoms with van der Waals surface area (Å²) in [6.45, 7) is -2.96. The summed E-state index contributed by atoms with van der Waals surface area (Å²) in [4.78, 5) is 11.2. The number of benzene rings is 1. The van der Waals surface area contributed by atoms with Crippen LogP contribution in [0.4, 0.5) is 0 Å². The second kappa shape index (κ2) is 4.83. The summed E-state index contributed by atoms with van der Waals surface area (Å²) in [5.41, 5.74) is 0.883. The fourth-order valence-electron chi connectivity index (χ4n) is 1.01. The molecule has 0 bridgehead atoms. The van der Waals surface area contributed by atoms with Crippen molar-refractivity contribution in [2.45, 2.75) is 6.61 Å². The SMILES string of the molecule is [K+].[O-]P1(=S)OCc2ccccc2O1. The first-order valence-electron chi connectivity index (χ1n) is 3.40. The fourth-order valence-corrected chi connectivity index (χ4v) is 2.18. The molecule has 13 heavy (non-hydrogen) atoms. The number of rotatable bonds is 0. The molecule has 3 nitrogen and oxygen atoms in total. The Balaban J connectivity index is 0.000000845. The van der Waals surface area contributed by atoms with Crippen molar-refractivity contribution < 1.29 is 65.3 Å². The molecule has 1 atom stereocenters. The van der Waals surface area contributed by atoms with E-state index in [9.17, 15) is 4.89 Å². The topological polar surface area (TPSA) is 41.5 Å². The minimum Gasteiger partial charge on any atom is -0.770 e. The number of hydrogen-bond donors (Lipinski definition) is 0. The van der Waals surface area contributed by atoms with Crippen LogP contribution in [-0.4, -0.2) is 0 Å². The summed E-state index contributed by atoms with van der Waals surface area (Å²) in [6, 6.07) is 7.26. The largest absolute Gasteiger partial charge is 1.00 e. The molecule has 0 spiro atoms. The van der Waals surface area contributed by atoms with E-state index in [1.165, 1.54) is 0 Å². The molecule has 0 N–H and O–H groups in total. The van der Waals surface area contributed by atoms with Crippen molar-refractivity contribution in [3.63, 3.8) is 0 Å². The molecule has 0 fully saturated rings. The maximum Gasteiger partial charge on any atom is 1.00 e. The average Bonchev–Trinajstić information content (AvgIpc) is 2.02. The van der Waals surface area contributed by atoms with Gasteiger partial charge in [0.2, 0.25) is 0 Å². The van der Waals surface area contributed by atoms with E-state index in [4.69, 9.17) is 9.05 Å². The van der Waals surface area contributed by atoms with Crippen molar-refractivity contribution in [3.8, 4) is 5.75 Å². The van der Waals surface area contributed by atoms with Crippen molar-refractivity contribution >= 4 is 18.5 Å². The van der Waals surface area contributed by atoms with E-state index in [2.05, 4.69) is 11.8 Å². The Kier molecular flexibility index (Phi) is 4.57. The fraction of sp³-hybridized carbons (Fsp3) is 0.143. The Labute approximate surface area is 124 Å². The van der Waals surface area contributed by atoms with Crippen LogP contribution in [0.1, 0.15) is 5.56 Å². The van der Waals surface area contributed by atoms with Gasteiger partial charge >= 0.3 is 51.4 Å². The third kappa shape index (κ3) is 3.09. The molecule has 0 saturated carbocycles. The summed E-state index contributed by atoms with van der Waals surface area (Å²) >= 11 is 4.58. The van der Waals surface area contributed by atoms with Crippen molar-refractivity contribution in [2.75, 3.05) is 0 Å². The molecule has 0 amide bonds. The first kappa shape index (κ1) is 12.3. The molecule has 0 aromatic heterocycles. The molecule has 0 radical (unpaired) electrons. The molecule has 1 aromatic rings. The van der Waals surface area contributed by atoms with E-state index in [0.717, 1.165) is 5.56 Å². The van der Waals surface area contributed by atoms with Crippen LogP contribution >= 0.6 is 6.72 Å². The molecule has 1 aliphatic rings. The molecule has 1 unspecified atom stereocenters. The van der Waals surface area contributed by atoms with Gasteiger partial charge in [-0.05, 0) is 17.9 Å². The smallest absolute Gasteiger partial charge is 0.770 e. The second-order valence-corrected chi connectivity index (χ2v) is 5.10. The molecular formula is C7H6KO3PS. The van der Waals surface area contributed by atoms with Crippen LogP contribution in [0.2, 0.25) is 0 Å². The van der Waals surface area contributed by atoms with Crippen molar-refractivity contribution in [1.82, 2.24) is 0 Å². The maximum atomic E-state index is 11.2. The van der Waals surface area contributed by atoms with E-state index in [1.807, 2.05) is 12.1 Å². The van der Waals surface area contributed by atoms with Gasteiger partial charge in [-0.1, -0.05) is 18.2 Å². The third-order valence-corrected chi connectivity index (χ3v) is 2.97. The zero-order valence-electron chi connectivity index (χ0n) is 7.10. The number of para-hydroxylation sites is 1. The van der Waals surface area contributed by atoms with Gasteiger partial charge in [0.15, 0.2) is 6.72 Å². The summed E-state index contributed by atoms with van der Waals surface area (Å²) in [5.74, 6) is 0.571. The Morgan fingerprint density at radius 3 is 2.85 bits per heavy atom. The van der Waals surface area contributed by atoms with Gasteiger partial charge in [-0.25, -0.2) is 0 Å². The first-order chi connectivity index (χ1) is 5.67. The van der Waals surface area contributed by atoms with Crippen molar-refractivity contribution in [2.24, 2.45) is 0 Å². The standard InChI is InChI=1S/C7H7O3PS.K/c8-11(12)9-5-6-3-1-2-4-7(6)10-11;/h1-4H,5H2,(H,8,12);/q;+1/p-1. The molecule has 2 rings (SSSR count). The molecule has 0 aliphatic carbocycles. The van der Waals surface area contributed by atoms with Gasteiger partial charge in [-0.15, -0.1) is 0 Å². The van der Waals surface area contributed by atoms with Crippen LogP contribution in [0.25, 0.3) is 0 Å². The molecule has 1 aliphatic heterocycles. The second-order valence-electron chi connectivity index (χ2n) is 2.42. The van der Waals surface area contributed by atoms with Crippen LogP contribution in [0, 0.1) is 0 Å². The van der Waals surface area contributed by atoms with Gasteiger partial charge in [0, 0.05) is 5.56 Å². The van der Waals surface area contributed by atoms with Gasteiger partial charge in [0.05, 0.1) is 6.61 Å². The van der Waals surface area contributed by atoms with Gasteiger partial charge in [0.1, 0.15) is 5.75 Å². The normalized spacial score (nSPS) is 25.3. The average molecular weight is 240 g/mol. The molecule has 1 heterocycles. The van der Waals surface area contributed by atoms with E-state index in [-0.39, 0.29) is 58.0 Å². The minimum atomic E-state index is -3.24. The Morgan fingerprint density at radius 2 is 2.08 bits per heavy atom. The molecular weight excluding hydrogens is 234 g/mol. The summed E-state index contributed by atoms with van der Waals surface area (Å²) in [7, 11) is 0. The van der Waals surface area contributed by atoms with Gasteiger partial charge in [0.25, 0.3) is 0 Å². The van der Waals surface area contributed by atoms with Crippen LogP contribution in [0.15, 0.2) is 24.3 Å². The van der Waals surface area contributed by atoms with E-state index in [1.54, 1.807) is 12.1 Å². The predicted molar refractivity (Wildman–Crippen MR) is 46.1 cm³/mol. The monoisotopic (exact) mass is 240 g/mol. The van der Waals surface area contributed by atoms with Crippen molar-refractivity contribution in [3.05, 3.63) is 29.8 Å². The van der Waals surface area contributed by atoms with Crippen molar-refractivity contribution in [1.29, 1.82) is 0 Å². The van der Waals surface area contributed by atoms with Gasteiger partial charge in [-0.2, -0.15) is 0 Å². The summed E-state index contributed by atoms with van der Waals surface area (Å²) in [6.07, 6.45) is 0. The Morgan fingerprint density at radius 1 is 1.38 bits per heavy atom. The predicted octanol–water partition coefficient (Wildman–Crippen LogP) is -1.82. The van der Waals surface area contributed by atoms with Crippen LogP contribution in [0.5, 0.6) is 5.75 Å². The quantitative estimate of drug-likeness (QED) is 0.396. The summed E-state index contributed by atoms with van der Waals surface area (Å²) in [5, 5.41) is 0. The molecule has 1 aromatic carbocycles. The number of hydrogen-bond acceptors (Lipinski definition) is 4. The van der Waals surface area contributed by atoms with E-state index in [0.29, 0.717) is 5.75 Å². The zero-order chi connectivity index (χ0) is 8.60. The van der Waals surface area contributed by atoms with Gasteiger partial charge < -0.3 is 13.9 Å². The van der Waals surface area contributed by atoms with E-state index < -0.39 is 6.72 Å². The summed E-state index contributed by atoms with van der Waals surface area (Å²) < 4.78 is 9.81. The van der Waals surface area contributed by atoms with Crippen LogP contribution in [-0.2, 0) is 22.9 Å². The van der Waals surface area contributed by atoms with Crippen LogP contribution in [0.3, 0.4) is 0 Å².